The van der Waals surface area contributed by atoms with Gasteiger partial charge in [0.1, 0.15) is 6.10 Å². The number of carbonyl (C=O) groups excluding carboxylic acids is 1. The van der Waals surface area contributed by atoms with E-state index >= 15 is 0 Å². The van der Waals surface area contributed by atoms with Gasteiger partial charge in [-0.05, 0) is 39.8 Å². The van der Waals surface area contributed by atoms with Crippen molar-refractivity contribution in [3.8, 4) is 0 Å². The van der Waals surface area contributed by atoms with Gasteiger partial charge in [-0.3, -0.25) is 4.79 Å². The molecule has 0 fully saturated rings. The molecule has 17 heavy (non-hydrogen) atoms. The molecular weight excluding hydrogens is 216 g/mol. The Kier molecular flexibility index (Phi) is 4.12. The van der Waals surface area contributed by atoms with Crippen LogP contribution in [0, 0.1) is 0 Å². The first-order valence-electron chi connectivity index (χ1n) is 5.63. The number of anilines is 2. The molecule has 0 aliphatic carbocycles. The molecule has 0 bridgehead atoms. The second-order valence-electron chi connectivity index (χ2n) is 4.95. The Labute approximate surface area is 102 Å². The van der Waals surface area contributed by atoms with Crippen LogP contribution in [0.4, 0.5) is 11.4 Å². The molecular formula is C13H20N2O2. The number of hydrogen-bond donors (Lipinski definition) is 2. The van der Waals surface area contributed by atoms with E-state index in [1.54, 1.807) is 19.1 Å². The number of hydrogen-bond acceptors (Lipinski definition) is 3. The topological polar surface area (TPSA) is 64.3 Å². The zero-order chi connectivity index (χ0) is 13.1. The van der Waals surface area contributed by atoms with E-state index in [1.807, 2.05) is 32.9 Å². The van der Waals surface area contributed by atoms with Crippen LogP contribution in [-0.4, -0.2) is 17.6 Å². The number of amides is 1. The van der Waals surface area contributed by atoms with Crippen LogP contribution >= 0.6 is 0 Å². The Bertz CT molecular complexity index is 397. The van der Waals surface area contributed by atoms with Crippen LogP contribution < -0.4 is 11.1 Å². The van der Waals surface area contributed by atoms with Crippen LogP contribution in [0.25, 0.3) is 0 Å². The van der Waals surface area contributed by atoms with E-state index < -0.39 is 6.10 Å². The smallest absolute Gasteiger partial charge is 0.253 e. The number of nitrogens with two attached hydrogens (primary N) is 1. The van der Waals surface area contributed by atoms with Gasteiger partial charge in [0.2, 0.25) is 0 Å². The summed E-state index contributed by atoms with van der Waals surface area (Å²) in [6.07, 6.45) is -0.519. The summed E-state index contributed by atoms with van der Waals surface area (Å²) in [5.41, 5.74) is 6.55. The van der Waals surface area contributed by atoms with Crippen molar-refractivity contribution in [2.45, 2.75) is 39.4 Å². The lowest BCUT2D eigenvalue weighted by atomic mass is 10.2. The van der Waals surface area contributed by atoms with Crippen LogP contribution in [0.15, 0.2) is 24.3 Å². The van der Waals surface area contributed by atoms with Crippen LogP contribution in [0.5, 0.6) is 0 Å². The minimum absolute atomic E-state index is 0.196. The molecule has 0 aliphatic rings. The standard InChI is InChI=1S/C13H20N2O2/c1-9(17-13(2,3)4)12(16)15-11-8-6-5-7-10(11)14/h5-9H,14H2,1-4H3,(H,15,16). The maximum Gasteiger partial charge on any atom is 0.253 e. The molecule has 94 valence electrons. The van der Waals surface area contributed by atoms with Crippen molar-refractivity contribution < 1.29 is 9.53 Å². The molecule has 0 aromatic heterocycles. The van der Waals surface area contributed by atoms with E-state index in [0.717, 1.165) is 0 Å². The fourth-order valence-electron chi connectivity index (χ4n) is 1.43. The Balaban J connectivity index is 2.64. The number of nitrogens with one attached hydrogen (secondary N) is 1. The normalized spacial score (nSPS) is 13.2. The Morgan fingerprint density at radius 2 is 1.94 bits per heavy atom. The van der Waals surface area contributed by atoms with Gasteiger partial charge in [0.15, 0.2) is 0 Å². The zero-order valence-electron chi connectivity index (χ0n) is 10.8. The van der Waals surface area contributed by atoms with Gasteiger partial charge in [-0.25, -0.2) is 0 Å². The second kappa shape index (κ2) is 5.19. The minimum Gasteiger partial charge on any atom is -0.397 e. The summed E-state index contributed by atoms with van der Waals surface area (Å²) in [6.45, 7) is 7.45. The van der Waals surface area contributed by atoms with E-state index in [0.29, 0.717) is 11.4 Å². The molecule has 4 nitrogen and oxygen atoms in total. The third-order valence-corrected chi connectivity index (χ3v) is 2.12. The molecule has 1 atom stereocenters. The lowest BCUT2D eigenvalue weighted by Crippen LogP contribution is -2.34. The molecule has 0 radical (unpaired) electrons. The van der Waals surface area contributed by atoms with E-state index in [4.69, 9.17) is 10.5 Å². The highest BCUT2D eigenvalue weighted by Gasteiger charge is 2.21. The number of rotatable bonds is 3. The molecule has 4 heteroatoms. The van der Waals surface area contributed by atoms with Crippen molar-refractivity contribution in [2.75, 3.05) is 11.1 Å². The maximum absolute atomic E-state index is 11.9. The molecule has 1 aromatic carbocycles. The van der Waals surface area contributed by atoms with Gasteiger partial charge < -0.3 is 15.8 Å². The number of para-hydroxylation sites is 2. The van der Waals surface area contributed by atoms with Crippen molar-refractivity contribution in [1.82, 2.24) is 0 Å². The van der Waals surface area contributed by atoms with E-state index in [2.05, 4.69) is 5.32 Å². The summed E-state index contributed by atoms with van der Waals surface area (Å²) in [4.78, 5) is 11.9. The minimum atomic E-state index is -0.519. The Hall–Kier alpha value is -1.55. The van der Waals surface area contributed by atoms with Gasteiger partial charge in [-0.1, -0.05) is 12.1 Å². The van der Waals surface area contributed by atoms with Crippen molar-refractivity contribution in [3.05, 3.63) is 24.3 Å². The highest BCUT2D eigenvalue weighted by atomic mass is 16.5. The van der Waals surface area contributed by atoms with Crippen LogP contribution in [0.1, 0.15) is 27.7 Å². The molecule has 1 unspecified atom stereocenters. The van der Waals surface area contributed by atoms with Crippen LogP contribution in [-0.2, 0) is 9.53 Å². The molecule has 0 aliphatic heterocycles. The molecule has 0 spiro atoms. The van der Waals surface area contributed by atoms with E-state index in [9.17, 15) is 4.79 Å². The maximum atomic E-state index is 11.9. The molecule has 1 aromatic rings. The van der Waals surface area contributed by atoms with E-state index in [-0.39, 0.29) is 11.5 Å². The largest absolute Gasteiger partial charge is 0.397 e. The predicted molar refractivity (Wildman–Crippen MR) is 69.8 cm³/mol. The summed E-state index contributed by atoms with van der Waals surface area (Å²) in [6, 6.07) is 7.14. The predicted octanol–water partition coefficient (Wildman–Crippen LogP) is 2.41. The molecule has 3 N–H and O–H groups in total. The summed E-state index contributed by atoms with van der Waals surface area (Å²) in [5.74, 6) is -0.196. The SMILES string of the molecule is CC(OC(C)(C)C)C(=O)Nc1ccccc1N. The number of nitrogen functional groups attached to an aromatic ring is 1. The third-order valence-electron chi connectivity index (χ3n) is 2.12. The lowest BCUT2D eigenvalue weighted by molar-refractivity contribution is -0.135. The van der Waals surface area contributed by atoms with Crippen molar-refractivity contribution >= 4 is 17.3 Å². The summed E-state index contributed by atoms with van der Waals surface area (Å²) in [5, 5.41) is 2.74. The Morgan fingerprint density at radius 1 is 1.35 bits per heavy atom. The molecule has 0 saturated heterocycles. The first-order chi connectivity index (χ1) is 7.79. The first kappa shape index (κ1) is 13.5. The average molecular weight is 236 g/mol. The molecule has 0 heterocycles. The van der Waals surface area contributed by atoms with Gasteiger partial charge in [-0.2, -0.15) is 0 Å². The monoisotopic (exact) mass is 236 g/mol. The molecule has 0 saturated carbocycles. The number of ether oxygens (including phenoxy) is 1. The average Bonchev–Trinajstić information content (AvgIpc) is 2.18. The van der Waals surface area contributed by atoms with Crippen molar-refractivity contribution in [1.29, 1.82) is 0 Å². The zero-order valence-corrected chi connectivity index (χ0v) is 10.8. The van der Waals surface area contributed by atoms with Gasteiger partial charge in [0.25, 0.3) is 5.91 Å². The second-order valence-corrected chi connectivity index (χ2v) is 4.95. The van der Waals surface area contributed by atoms with Crippen molar-refractivity contribution in [3.63, 3.8) is 0 Å². The highest BCUT2D eigenvalue weighted by molar-refractivity contribution is 5.96. The Morgan fingerprint density at radius 3 is 2.47 bits per heavy atom. The molecule has 1 amide bonds. The fourth-order valence-corrected chi connectivity index (χ4v) is 1.43. The summed E-state index contributed by atoms with van der Waals surface area (Å²) in [7, 11) is 0. The highest BCUT2D eigenvalue weighted by Crippen LogP contribution is 2.18. The first-order valence-corrected chi connectivity index (χ1v) is 5.63. The molecule has 1 rings (SSSR count). The number of carbonyl (C=O) groups is 1. The lowest BCUT2D eigenvalue weighted by Gasteiger charge is -2.24. The van der Waals surface area contributed by atoms with Crippen molar-refractivity contribution in [2.24, 2.45) is 0 Å². The quantitative estimate of drug-likeness (QED) is 0.792. The fraction of sp³-hybridized carbons (Fsp3) is 0.462. The van der Waals surface area contributed by atoms with Gasteiger partial charge >= 0.3 is 0 Å². The third kappa shape index (κ3) is 4.44. The van der Waals surface area contributed by atoms with E-state index in [1.165, 1.54) is 0 Å². The van der Waals surface area contributed by atoms with Crippen LogP contribution in [0.3, 0.4) is 0 Å². The van der Waals surface area contributed by atoms with Gasteiger partial charge in [0, 0.05) is 0 Å². The van der Waals surface area contributed by atoms with Crippen LogP contribution in [0.2, 0.25) is 0 Å². The number of benzene rings is 1. The summed E-state index contributed by atoms with van der Waals surface area (Å²) >= 11 is 0. The summed E-state index contributed by atoms with van der Waals surface area (Å²) < 4.78 is 5.56. The van der Waals surface area contributed by atoms with Gasteiger partial charge in [-0.15, -0.1) is 0 Å². The van der Waals surface area contributed by atoms with Gasteiger partial charge in [0.05, 0.1) is 17.0 Å².